The van der Waals surface area contributed by atoms with Crippen LogP contribution in [0.1, 0.15) is 21.6 Å². The number of rotatable bonds is 8. The second kappa shape index (κ2) is 9.59. The number of anilines is 2. The van der Waals surface area contributed by atoms with Crippen LogP contribution in [-0.2, 0) is 0 Å². The molecule has 0 aliphatic carbocycles. The van der Waals surface area contributed by atoms with Crippen LogP contribution in [0.2, 0.25) is 0 Å². The standard InChI is InChI=1S/C23H25N3O3/c1-16-4-5-17(2)21(14-16)26-18-10-11-24-22(15-18)23(27)25-12-13-29-20-8-6-19(28-3)7-9-20/h4-11,14-15H,12-13H2,1-3H3,(H,24,26)(H,25,27). The summed E-state index contributed by atoms with van der Waals surface area (Å²) in [6.07, 6.45) is 1.62. The van der Waals surface area contributed by atoms with Crippen molar-refractivity contribution in [3.05, 3.63) is 77.6 Å². The van der Waals surface area contributed by atoms with Gasteiger partial charge < -0.3 is 20.1 Å². The minimum absolute atomic E-state index is 0.243. The Morgan fingerprint density at radius 1 is 1.00 bits per heavy atom. The summed E-state index contributed by atoms with van der Waals surface area (Å²) < 4.78 is 10.7. The Morgan fingerprint density at radius 3 is 2.52 bits per heavy atom. The molecule has 29 heavy (non-hydrogen) atoms. The number of aryl methyl sites for hydroxylation is 2. The van der Waals surface area contributed by atoms with E-state index in [2.05, 4.69) is 33.8 Å². The number of benzene rings is 2. The zero-order valence-corrected chi connectivity index (χ0v) is 16.9. The van der Waals surface area contributed by atoms with Gasteiger partial charge in [0, 0.05) is 17.6 Å². The zero-order chi connectivity index (χ0) is 20.6. The van der Waals surface area contributed by atoms with Crippen LogP contribution in [-0.4, -0.2) is 31.2 Å². The first kappa shape index (κ1) is 20.2. The van der Waals surface area contributed by atoms with Crippen molar-refractivity contribution in [1.29, 1.82) is 0 Å². The van der Waals surface area contributed by atoms with Gasteiger partial charge in [-0.3, -0.25) is 9.78 Å². The highest BCUT2D eigenvalue weighted by molar-refractivity contribution is 5.93. The van der Waals surface area contributed by atoms with Crippen molar-refractivity contribution in [1.82, 2.24) is 10.3 Å². The molecule has 1 aromatic heterocycles. The number of hydrogen-bond donors (Lipinski definition) is 2. The van der Waals surface area contributed by atoms with Crippen LogP contribution >= 0.6 is 0 Å². The summed E-state index contributed by atoms with van der Waals surface area (Å²) in [5, 5.41) is 6.18. The molecule has 0 unspecified atom stereocenters. The van der Waals surface area contributed by atoms with Gasteiger partial charge in [-0.2, -0.15) is 0 Å². The highest BCUT2D eigenvalue weighted by atomic mass is 16.5. The molecule has 2 N–H and O–H groups in total. The van der Waals surface area contributed by atoms with E-state index in [1.54, 1.807) is 19.4 Å². The predicted molar refractivity (Wildman–Crippen MR) is 114 cm³/mol. The van der Waals surface area contributed by atoms with E-state index in [1.807, 2.05) is 44.2 Å². The Morgan fingerprint density at radius 2 is 1.76 bits per heavy atom. The average Bonchev–Trinajstić information content (AvgIpc) is 2.74. The number of nitrogens with one attached hydrogen (secondary N) is 2. The van der Waals surface area contributed by atoms with Crippen LogP contribution in [0.4, 0.5) is 11.4 Å². The molecule has 3 aromatic rings. The molecule has 0 bridgehead atoms. The van der Waals surface area contributed by atoms with E-state index >= 15 is 0 Å². The maximum Gasteiger partial charge on any atom is 0.270 e. The third-order valence-corrected chi connectivity index (χ3v) is 4.38. The summed E-state index contributed by atoms with van der Waals surface area (Å²) in [6.45, 7) is 4.82. The first-order chi connectivity index (χ1) is 14.0. The molecule has 6 heteroatoms. The molecule has 0 atom stereocenters. The molecule has 0 saturated carbocycles. The summed E-state index contributed by atoms with van der Waals surface area (Å²) in [5.41, 5.74) is 4.48. The SMILES string of the molecule is COc1ccc(OCCNC(=O)c2cc(Nc3cc(C)ccc3C)ccn2)cc1. The molecule has 0 saturated heterocycles. The summed E-state index contributed by atoms with van der Waals surface area (Å²) in [6, 6.07) is 17.1. The second-order valence-corrected chi connectivity index (χ2v) is 6.65. The first-order valence-corrected chi connectivity index (χ1v) is 9.40. The third kappa shape index (κ3) is 5.72. The largest absolute Gasteiger partial charge is 0.497 e. The van der Waals surface area contributed by atoms with Gasteiger partial charge in [-0.25, -0.2) is 0 Å². The number of aromatic nitrogens is 1. The van der Waals surface area contributed by atoms with Crippen LogP contribution in [0.3, 0.4) is 0 Å². The maximum absolute atomic E-state index is 12.4. The minimum Gasteiger partial charge on any atom is -0.497 e. The van der Waals surface area contributed by atoms with Crippen molar-refractivity contribution < 1.29 is 14.3 Å². The van der Waals surface area contributed by atoms with Crippen LogP contribution in [0.5, 0.6) is 11.5 Å². The summed E-state index contributed by atoms with van der Waals surface area (Å²) in [4.78, 5) is 16.6. The Balaban J connectivity index is 1.53. The van der Waals surface area contributed by atoms with Gasteiger partial charge in [-0.05, 0) is 67.4 Å². The molecular weight excluding hydrogens is 366 g/mol. The van der Waals surface area contributed by atoms with Gasteiger partial charge in [0.1, 0.15) is 23.8 Å². The van der Waals surface area contributed by atoms with Gasteiger partial charge in [0.15, 0.2) is 0 Å². The zero-order valence-electron chi connectivity index (χ0n) is 16.9. The second-order valence-electron chi connectivity index (χ2n) is 6.65. The normalized spacial score (nSPS) is 10.3. The highest BCUT2D eigenvalue weighted by Crippen LogP contribution is 2.22. The molecule has 2 aromatic carbocycles. The Bertz CT molecular complexity index is 971. The molecule has 0 fully saturated rings. The Hall–Kier alpha value is -3.54. The number of carbonyl (C=O) groups excluding carboxylic acids is 1. The molecule has 1 amide bonds. The fraction of sp³-hybridized carbons (Fsp3) is 0.217. The minimum atomic E-state index is -0.243. The Labute approximate surface area is 170 Å². The van der Waals surface area contributed by atoms with Crippen molar-refractivity contribution in [2.45, 2.75) is 13.8 Å². The third-order valence-electron chi connectivity index (χ3n) is 4.38. The van der Waals surface area contributed by atoms with Crippen molar-refractivity contribution in [3.63, 3.8) is 0 Å². The number of hydrogen-bond acceptors (Lipinski definition) is 5. The van der Waals surface area contributed by atoms with Crippen molar-refractivity contribution in [2.75, 3.05) is 25.6 Å². The van der Waals surface area contributed by atoms with Crippen LogP contribution in [0, 0.1) is 13.8 Å². The maximum atomic E-state index is 12.4. The monoisotopic (exact) mass is 391 g/mol. The number of methoxy groups -OCH3 is 1. The van der Waals surface area contributed by atoms with E-state index in [-0.39, 0.29) is 5.91 Å². The fourth-order valence-corrected chi connectivity index (χ4v) is 2.75. The first-order valence-electron chi connectivity index (χ1n) is 9.40. The van der Waals surface area contributed by atoms with E-state index in [1.165, 1.54) is 5.56 Å². The van der Waals surface area contributed by atoms with E-state index in [0.29, 0.717) is 18.8 Å². The number of pyridine rings is 1. The van der Waals surface area contributed by atoms with Gasteiger partial charge in [0.2, 0.25) is 0 Å². The number of nitrogens with zero attached hydrogens (tertiary/aromatic N) is 1. The van der Waals surface area contributed by atoms with E-state index < -0.39 is 0 Å². The molecule has 1 heterocycles. The number of amides is 1. The summed E-state index contributed by atoms with van der Waals surface area (Å²) in [5.74, 6) is 1.25. The van der Waals surface area contributed by atoms with Crippen molar-refractivity contribution >= 4 is 17.3 Å². The quantitative estimate of drug-likeness (QED) is 0.562. The summed E-state index contributed by atoms with van der Waals surface area (Å²) in [7, 11) is 1.62. The van der Waals surface area contributed by atoms with Gasteiger partial charge in [0.25, 0.3) is 5.91 Å². The van der Waals surface area contributed by atoms with Gasteiger partial charge in [-0.1, -0.05) is 12.1 Å². The average molecular weight is 391 g/mol. The lowest BCUT2D eigenvalue weighted by Gasteiger charge is -2.12. The molecular formula is C23H25N3O3. The highest BCUT2D eigenvalue weighted by Gasteiger charge is 2.08. The number of ether oxygens (including phenoxy) is 2. The molecule has 0 spiro atoms. The topological polar surface area (TPSA) is 72.5 Å². The lowest BCUT2D eigenvalue weighted by Crippen LogP contribution is -2.28. The van der Waals surface area contributed by atoms with Gasteiger partial charge >= 0.3 is 0 Å². The van der Waals surface area contributed by atoms with E-state index in [0.717, 1.165) is 28.4 Å². The lowest BCUT2D eigenvalue weighted by molar-refractivity contribution is 0.0942. The lowest BCUT2D eigenvalue weighted by atomic mass is 10.1. The Kier molecular flexibility index (Phi) is 6.68. The summed E-state index contributed by atoms with van der Waals surface area (Å²) >= 11 is 0. The number of carbonyl (C=O) groups is 1. The van der Waals surface area contributed by atoms with Crippen molar-refractivity contribution in [3.8, 4) is 11.5 Å². The van der Waals surface area contributed by atoms with E-state index in [9.17, 15) is 4.79 Å². The van der Waals surface area contributed by atoms with Crippen LogP contribution in [0.15, 0.2) is 60.8 Å². The van der Waals surface area contributed by atoms with Crippen LogP contribution in [0.25, 0.3) is 0 Å². The smallest absolute Gasteiger partial charge is 0.270 e. The molecule has 150 valence electrons. The molecule has 6 nitrogen and oxygen atoms in total. The van der Waals surface area contributed by atoms with Crippen molar-refractivity contribution in [2.24, 2.45) is 0 Å². The molecule has 0 aliphatic rings. The predicted octanol–water partition coefficient (Wildman–Crippen LogP) is 4.26. The van der Waals surface area contributed by atoms with Gasteiger partial charge in [0.05, 0.1) is 13.7 Å². The fourth-order valence-electron chi connectivity index (χ4n) is 2.75. The van der Waals surface area contributed by atoms with Gasteiger partial charge in [-0.15, -0.1) is 0 Å². The van der Waals surface area contributed by atoms with E-state index in [4.69, 9.17) is 9.47 Å². The molecule has 0 radical (unpaired) electrons. The van der Waals surface area contributed by atoms with Crippen LogP contribution < -0.4 is 20.1 Å². The molecule has 3 rings (SSSR count). The molecule has 0 aliphatic heterocycles.